The van der Waals surface area contributed by atoms with Gasteiger partial charge in [-0.3, -0.25) is 4.79 Å². The van der Waals surface area contributed by atoms with Gasteiger partial charge in [-0.15, -0.1) is 0 Å². The summed E-state index contributed by atoms with van der Waals surface area (Å²) >= 11 is 6.91. The van der Waals surface area contributed by atoms with Crippen LogP contribution in [-0.4, -0.2) is 22.1 Å². The molecule has 0 radical (unpaired) electrons. The van der Waals surface area contributed by atoms with E-state index < -0.39 is 0 Å². The number of hydrogen-bond donors (Lipinski definition) is 1. The topological polar surface area (TPSA) is 29.1 Å². The van der Waals surface area contributed by atoms with E-state index in [1.165, 1.54) is 0 Å². The van der Waals surface area contributed by atoms with E-state index in [0.717, 1.165) is 17.1 Å². The fraction of sp³-hybridized carbons (Fsp3) is 0.909. The van der Waals surface area contributed by atoms with E-state index in [2.05, 4.69) is 64.9 Å². The molecule has 0 aliphatic heterocycles. The van der Waals surface area contributed by atoms with Crippen LogP contribution in [-0.2, 0) is 4.79 Å². The molecule has 0 bridgehead atoms. The Bertz CT molecular complexity index is 199. The van der Waals surface area contributed by atoms with Crippen molar-refractivity contribution < 1.29 is 4.79 Å². The number of alkyl halides is 2. The lowest BCUT2D eigenvalue weighted by atomic mass is 9.91. The summed E-state index contributed by atoms with van der Waals surface area (Å²) in [6.07, 6.45) is 1.48. The third-order valence-corrected chi connectivity index (χ3v) is 4.43. The number of halogens is 2. The number of nitrogens with one attached hydrogen (secondary N) is 1. The highest BCUT2D eigenvalue weighted by atomic mass is 79.9. The summed E-state index contributed by atoms with van der Waals surface area (Å²) in [5, 5.41) is 4.65. The highest BCUT2D eigenvalue weighted by Crippen LogP contribution is 2.21. The van der Waals surface area contributed by atoms with Gasteiger partial charge < -0.3 is 5.32 Å². The standard InChI is InChI=1S/C11H21Br2NO/c1-5-11(7-12,8-13)14-9(15)6-10(2,3)4/h5-8H2,1-4H3,(H,14,15). The number of hydrogen-bond acceptors (Lipinski definition) is 1. The van der Waals surface area contributed by atoms with Crippen LogP contribution in [0.3, 0.4) is 0 Å². The number of amides is 1. The van der Waals surface area contributed by atoms with Gasteiger partial charge in [-0.25, -0.2) is 0 Å². The van der Waals surface area contributed by atoms with Gasteiger partial charge in [0, 0.05) is 17.1 Å². The molecule has 0 saturated carbocycles. The Kier molecular flexibility index (Phi) is 6.41. The predicted molar refractivity (Wildman–Crippen MR) is 72.8 cm³/mol. The van der Waals surface area contributed by atoms with E-state index >= 15 is 0 Å². The first kappa shape index (κ1) is 15.4. The normalized spacial score (nSPS) is 12.7. The second-order valence-corrected chi connectivity index (χ2v) is 6.31. The largest absolute Gasteiger partial charge is 0.349 e. The van der Waals surface area contributed by atoms with E-state index in [1.54, 1.807) is 0 Å². The molecule has 0 aromatic carbocycles. The fourth-order valence-electron chi connectivity index (χ4n) is 1.20. The van der Waals surface area contributed by atoms with Gasteiger partial charge in [-0.1, -0.05) is 59.6 Å². The molecule has 1 N–H and O–H groups in total. The molecule has 0 aromatic rings. The Balaban J connectivity index is 4.36. The Morgan fingerprint density at radius 1 is 1.20 bits per heavy atom. The van der Waals surface area contributed by atoms with Crippen molar-refractivity contribution in [2.45, 2.75) is 46.1 Å². The van der Waals surface area contributed by atoms with Crippen LogP contribution >= 0.6 is 31.9 Å². The third-order valence-electron chi connectivity index (χ3n) is 2.28. The summed E-state index contributed by atoms with van der Waals surface area (Å²) in [6.45, 7) is 8.30. The molecular formula is C11H21Br2NO. The van der Waals surface area contributed by atoms with Crippen LogP contribution in [0.5, 0.6) is 0 Å². The van der Waals surface area contributed by atoms with E-state index in [9.17, 15) is 4.79 Å². The van der Waals surface area contributed by atoms with Gasteiger partial charge in [0.05, 0.1) is 5.54 Å². The summed E-state index contributed by atoms with van der Waals surface area (Å²) in [6, 6.07) is 0. The highest BCUT2D eigenvalue weighted by molar-refractivity contribution is 9.09. The molecule has 0 unspecified atom stereocenters. The van der Waals surface area contributed by atoms with Crippen molar-refractivity contribution in [1.29, 1.82) is 0 Å². The minimum absolute atomic E-state index is 0.0438. The zero-order chi connectivity index (χ0) is 12.1. The van der Waals surface area contributed by atoms with Gasteiger partial charge in [0.2, 0.25) is 5.91 Å². The van der Waals surface area contributed by atoms with Crippen LogP contribution in [0, 0.1) is 5.41 Å². The first-order valence-corrected chi connectivity index (χ1v) is 7.46. The summed E-state index contributed by atoms with van der Waals surface area (Å²) in [7, 11) is 0. The minimum atomic E-state index is -0.150. The molecule has 4 heteroatoms. The van der Waals surface area contributed by atoms with Crippen molar-refractivity contribution in [3.05, 3.63) is 0 Å². The molecular weight excluding hydrogens is 322 g/mol. The van der Waals surface area contributed by atoms with E-state index in [-0.39, 0.29) is 16.9 Å². The Labute approximate surface area is 110 Å². The lowest BCUT2D eigenvalue weighted by Crippen LogP contribution is -2.51. The van der Waals surface area contributed by atoms with Crippen molar-refractivity contribution >= 4 is 37.8 Å². The Hall–Kier alpha value is 0.430. The molecule has 0 saturated heterocycles. The summed E-state index contributed by atoms with van der Waals surface area (Å²) in [4.78, 5) is 11.8. The van der Waals surface area contributed by atoms with Crippen molar-refractivity contribution in [1.82, 2.24) is 5.32 Å². The molecule has 0 rings (SSSR count). The molecule has 0 atom stereocenters. The van der Waals surface area contributed by atoms with Crippen molar-refractivity contribution in [3.8, 4) is 0 Å². The molecule has 0 aliphatic rings. The number of carbonyl (C=O) groups is 1. The molecule has 0 spiro atoms. The van der Waals surface area contributed by atoms with E-state index in [4.69, 9.17) is 0 Å². The lowest BCUT2D eigenvalue weighted by molar-refractivity contribution is -0.124. The van der Waals surface area contributed by atoms with Gasteiger partial charge in [-0.05, 0) is 11.8 Å². The van der Waals surface area contributed by atoms with Crippen LogP contribution in [0.2, 0.25) is 0 Å². The Morgan fingerprint density at radius 2 is 1.67 bits per heavy atom. The van der Waals surface area contributed by atoms with Crippen LogP contribution in [0.4, 0.5) is 0 Å². The molecule has 0 fully saturated rings. The minimum Gasteiger partial charge on any atom is -0.349 e. The van der Waals surface area contributed by atoms with Gasteiger partial charge in [0.25, 0.3) is 0 Å². The zero-order valence-corrected chi connectivity index (χ0v) is 13.2. The van der Waals surface area contributed by atoms with E-state index in [0.29, 0.717) is 6.42 Å². The number of rotatable bonds is 5. The molecule has 15 heavy (non-hydrogen) atoms. The van der Waals surface area contributed by atoms with Crippen LogP contribution in [0.1, 0.15) is 40.5 Å². The second kappa shape index (κ2) is 6.24. The summed E-state index contributed by atoms with van der Waals surface area (Å²) in [5.41, 5.74) is -0.107. The maximum Gasteiger partial charge on any atom is 0.221 e. The maximum absolute atomic E-state index is 11.8. The van der Waals surface area contributed by atoms with Gasteiger partial charge in [-0.2, -0.15) is 0 Å². The van der Waals surface area contributed by atoms with Crippen molar-refractivity contribution in [3.63, 3.8) is 0 Å². The predicted octanol–water partition coefficient (Wildman–Crippen LogP) is 3.48. The average Bonchev–Trinajstić information content (AvgIpc) is 2.11. The molecule has 0 heterocycles. The Morgan fingerprint density at radius 3 is 1.93 bits per heavy atom. The van der Waals surface area contributed by atoms with Crippen LogP contribution < -0.4 is 5.32 Å². The van der Waals surface area contributed by atoms with Crippen LogP contribution in [0.25, 0.3) is 0 Å². The fourth-order valence-corrected chi connectivity index (χ4v) is 3.20. The summed E-state index contributed by atoms with van der Waals surface area (Å²) < 4.78 is 0. The van der Waals surface area contributed by atoms with Gasteiger partial charge >= 0.3 is 0 Å². The molecule has 2 nitrogen and oxygen atoms in total. The number of carbonyl (C=O) groups excluding carboxylic acids is 1. The second-order valence-electron chi connectivity index (χ2n) is 5.19. The van der Waals surface area contributed by atoms with Gasteiger partial charge in [0.15, 0.2) is 0 Å². The lowest BCUT2D eigenvalue weighted by Gasteiger charge is -2.31. The third kappa shape index (κ3) is 5.91. The zero-order valence-electron chi connectivity index (χ0n) is 9.99. The SMILES string of the molecule is CCC(CBr)(CBr)NC(=O)CC(C)(C)C. The first-order valence-electron chi connectivity index (χ1n) is 5.21. The maximum atomic E-state index is 11.8. The molecule has 1 amide bonds. The summed E-state index contributed by atoms with van der Waals surface area (Å²) in [5.74, 6) is 0.128. The first-order chi connectivity index (χ1) is 6.78. The molecule has 0 aliphatic carbocycles. The average molecular weight is 343 g/mol. The highest BCUT2D eigenvalue weighted by Gasteiger charge is 2.28. The van der Waals surface area contributed by atoms with Crippen LogP contribution in [0.15, 0.2) is 0 Å². The monoisotopic (exact) mass is 341 g/mol. The van der Waals surface area contributed by atoms with Crippen molar-refractivity contribution in [2.24, 2.45) is 5.41 Å². The molecule has 90 valence electrons. The molecule has 0 aromatic heterocycles. The quantitative estimate of drug-likeness (QED) is 0.761. The van der Waals surface area contributed by atoms with E-state index in [1.807, 2.05) is 0 Å². The van der Waals surface area contributed by atoms with Crippen molar-refractivity contribution in [2.75, 3.05) is 10.7 Å². The smallest absolute Gasteiger partial charge is 0.221 e. The van der Waals surface area contributed by atoms with Gasteiger partial charge in [0.1, 0.15) is 0 Å².